The van der Waals surface area contributed by atoms with Gasteiger partial charge in [-0.15, -0.1) is 10.2 Å². The van der Waals surface area contributed by atoms with Crippen LogP contribution in [0.25, 0.3) is 0 Å². The summed E-state index contributed by atoms with van der Waals surface area (Å²) in [6, 6.07) is 13.6. The Kier molecular flexibility index (Phi) is 6.85. The SMILES string of the molecule is COc1cccc(NC(=O)CSc2nnc(NC(=O)c3ccc(Cl)cc3)s2)c1. The Bertz CT molecular complexity index is 979. The summed E-state index contributed by atoms with van der Waals surface area (Å²) >= 11 is 8.25. The minimum absolute atomic E-state index is 0.164. The number of amides is 2. The maximum Gasteiger partial charge on any atom is 0.257 e. The molecule has 0 radical (unpaired) electrons. The van der Waals surface area contributed by atoms with Gasteiger partial charge in [-0.1, -0.05) is 40.8 Å². The molecule has 0 atom stereocenters. The van der Waals surface area contributed by atoms with Crippen LogP contribution in [0.3, 0.4) is 0 Å². The summed E-state index contributed by atoms with van der Waals surface area (Å²) in [4.78, 5) is 24.2. The normalized spacial score (nSPS) is 10.4. The molecule has 2 amide bonds. The van der Waals surface area contributed by atoms with Crippen molar-refractivity contribution in [2.75, 3.05) is 23.5 Å². The molecule has 2 aromatic carbocycles. The van der Waals surface area contributed by atoms with Crippen molar-refractivity contribution in [1.82, 2.24) is 10.2 Å². The molecule has 144 valence electrons. The van der Waals surface area contributed by atoms with E-state index in [1.807, 2.05) is 0 Å². The van der Waals surface area contributed by atoms with Crippen molar-refractivity contribution in [2.24, 2.45) is 0 Å². The van der Waals surface area contributed by atoms with Crippen molar-refractivity contribution in [3.8, 4) is 5.75 Å². The largest absolute Gasteiger partial charge is 0.497 e. The number of nitrogens with zero attached hydrogens (tertiary/aromatic N) is 2. The van der Waals surface area contributed by atoms with Crippen molar-refractivity contribution in [3.05, 3.63) is 59.1 Å². The van der Waals surface area contributed by atoms with Gasteiger partial charge in [0.2, 0.25) is 11.0 Å². The van der Waals surface area contributed by atoms with Gasteiger partial charge in [0, 0.05) is 22.3 Å². The third-order valence-electron chi connectivity index (χ3n) is 3.41. The van der Waals surface area contributed by atoms with Crippen LogP contribution >= 0.6 is 34.7 Å². The first-order valence-corrected chi connectivity index (χ1v) is 10.2. The standard InChI is InChI=1S/C18H15ClN4O3S2/c1-26-14-4-2-3-13(9-14)20-15(24)10-27-18-23-22-17(28-18)21-16(25)11-5-7-12(19)8-6-11/h2-9H,10H2,1H3,(H,20,24)(H,21,22,25). The molecule has 1 heterocycles. The van der Waals surface area contributed by atoms with Crippen LogP contribution in [0.15, 0.2) is 52.9 Å². The maximum atomic E-state index is 12.2. The van der Waals surface area contributed by atoms with E-state index in [4.69, 9.17) is 16.3 Å². The number of nitrogens with one attached hydrogen (secondary N) is 2. The second kappa shape index (κ2) is 9.54. The van der Waals surface area contributed by atoms with Crippen LogP contribution in [0, 0.1) is 0 Å². The molecule has 0 saturated heterocycles. The fourth-order valence-corrected chi connectivity index (χ4v) is 3.79. The number of hydrogen-bond acceptors (Lipinski definition) is 7. The van der Waals surface area contributed by atoms with E-state index in [1.54, 1.807) is 55.6 Å². The molecule has 0 aliphatic heterocycles. The van der Waals surface area contributed by atoms with Gasteiger partial charge < -0.3 is 10.1 Å². The van der Waals surface area contributed by atoms with Crippen LogP contribution < -0.4 is 15.4 Å². The molecular weight excluding hydrogens is 420 g/mol. The number of rotatable bonds is 7. The highest BCUT2D eigenvalue weighted by atomic mass is 35.5. The van der Waals surface area contributed by atoms with Crippen molar-refractivity contribution in [1.29, 1.82) is 0 Å². The molecule has 0 spiro atoms. The zero-order valence-corrected chi connectivity index (χ0v) is 17.0. The third-order valence-corrected chi connectivity index (χ3v) is 5.64. The lowest BCUT2D eigenvalue weighted by atomic mass is 10.2. The van der Waals surface area contributed by atoms with E-state index in [-0.39, 0.29) is 17.6 Å². The van der Waals surface area contributed by atoms with Gasteiger partial charge in [0.15, 0.2) is 4.34 Å². The Morgan fingerprint density at radius 3 is 2.68 bits per heavy atom. The van der Waals surface area contributed by atoms with E-state index in [0.29, 0.717) is 31.5 Å². The summed E-state index contributed by atoms with van der Waals surface area (Å²) in [6.45, 7) is 0. The number of hydrogen-bond donors (Lipinski definition) is 2. The van der Waals surface area contributed by atoms with Gasteiger partial charge in [0.25, 0.3) is 5.91 Å². The summed E-state index contributed by atoms with van der Waals surface area (Å²) in [5.41, 5.74) is 1.12. The van der Waals surface area contributed by atoms with E-state index < -0.39 is 0 Å². The number of methoxy groups -OCH3 is 1. The van der Waals surface area contributed by atoms with Gasteiger partial charge in [-0.25, -0.2) is 0 Å². The predicted octanol–water partition coefficient (Wildman–Crippen LogP) is 4.18. The number of aromatic nitrogens is 2. The van der Waals surface area contributed by atoms with Crippen LogP contribution in [0.2, 0.25) is 5.02 Å². The molecule has 0 saturated carbocycles. The second-order valence-electron chi connectivity index (χ2n) is 5.40. The zero-order valence-electron chi connectivity index (χ0n) is 14.6. The Hall–Kier alpha value is -2.62. The quantitative estimate of drug-likeness (QED) is 0.428. The molecule has 0 aliphatic carbocycles. The number of carbonyl (C=O) groups is 2. The van der Waals surface area contributed by atoms with Gasteiger partial charge >= 0.3 is 0 Å². The van der Waals surface area contributed by atoms with Gasteiger partial charge in [-0.05, 0) is 36.4 Å². The lowest BCUT2D eigenvalue weighted by molar-refractivity contribution is -0.113. The van der Waals surface area contributed by atoms with Gasteiger partial charge in [0.1, 0.15) is 5.75 Å². The monoisotopic (exact) mass is 434 g/mol. The summed E-state index contributed by atoms with van der Waals surface area (Å²) < 4.78 is 5.70. The van der Waals surface area contributed by atoms with E-state index in [9.17, 15) is 9.59 Å². The molecule has 2 N–H and O–H groups in total. The minimum Gasteiger partial charge on any atom is -0.497 e. The third kappa shape index (κ3) is 5.69. The fourth-order valence-electron chi connectivity index (χ4n) is 2.11. The molecule has 0 aliphatic rings. The Morgan fingerprint density at radius 1 is 1.14 bits per heavy atom. The van der Waals surface area contributed by atoms with Crippen LogP contribution in [-0.2, 0) is 4.79 Å². The highest BCUT2D eigenvalue weighted by Gasteiger charge is 2.12. The van der Waals surface area contributed by atoms with E-state index in [2.05, 4.69) is 20.8 Å². The molecule has 3 aromatic rings. The van der Waals surface area contributed by atoms with E-state index in [1.165, 1.54) is 23.1 Å². The molecule has 1 aromatic heterocycles. The van der Waals surface area contributed by atoms with Gasteiger partial charge in [-0.3, -0.25) is 14.9 Å². The zero-order chi connectivity index (χ0) is 19.9. The average Bonchev–Trinajstić information content (AvgIpc) is 3.14. The molecule has 0 bridgehead atoms. The average molecular weight is 435 g/mol. The first kappa shape index (κ1) is 20.1. The number of benzene rings is 2. The summed E-state index contributed by atoms with van der Waals surface area (Å²) in [6.07, 6.45) is 0. The molecule has 7 nitrogen and oxygen atoms in total. The van der Waals surface area contributed by atoms with Crippen molar-refractivity contribution in [2.45, 2.75) is 4.34 Å². The van der Waals surface area contributed by atoms with Crippen LogP contribution in [0.5, 0.6) is 5.75 Å². The van der Waals surface area contributed by atoms with Crippen molar-refractivity contribution < 1.29 is 14.3 Å². The fraction of sp³-hybridized carbons (Fsp3) is 0.111. The second-order valence-corrected chi connectivity index (χ2v) is 8.04. The van der Waals surface area contributed by atoms with Gasteiger partial charge in [-0.2, -0.15) is 0 Å². The van der Waals surface area contributed by atoms with E-state index in [0.717, 1.165) is 0 Å². The molecule has 28 heavy (non-hydrogen) atoms. The highest BCUT2D eigenvalue weighted by molar-refractivity contribution is 8.01. The van der Waals surface area contributed by atoms with Crippen molar-refractivity contribution in [3.63, 3.8) is 0 Å². The highest BCUT2D eigenvalue weighted by Crippen LogP contribution is 2.26. The smallest absolute Gasteiger partial charge is 0.257 e. The number of ether oxygens (including phenoxy) is 1. The van der Waals surface area contributed by atoms with Crippen molar-refractivity contribution >= 4 is 57.3 Å². The van der Waals surface area contributed by atoms with Crippen LogP contribution in [0.1, 0.15) is 10.4 Å². The number of carbonyl (C=O) groups excluding carboxylic acids is 2. The molecule has 3 rings (SSSR count). The predicted molar refractivity (Wildman–Crippen MR) is 112 cm³/mol. The molecule has 0 fully saturated rings. The minimum atomic E-state index is -0.305. The maximum absolute atomic E-state index is 12.2. The molecular formula is C18H15ClN4O3S2. The van der Waals surface area contributed by atoms with Gasteiger partial charge in [0.05, 0.1) is 12.9 Å². The van der Waals surface area contributed by atoms with Crippen LogP contribution in [-0.4, -0.2) is 34.9 Å². The molecule has 10 heteroatoms. The summed E-state index contributed by atoms with van der Waals surface area (Å²) in [5, 5.41) is 14.3. The molecule has 0 unspecified atom stereocenters. The Balaban J connectivity index is 1.50. The Labute approximate surface area is 174 Å². The lowest BCUT2D eigenvalue weighted by Crippen LogP contribution is -2.13. The topological polar surface area (TPSA) is 93.2 Å². The first-order chi connectivity index (χ1) is 13.5. The number of thioether (sulfide) groups is 1. The number of halogens is 1. The number of anilines is 2. The summed E-state index contributed by atoms with van der Waals surface area (Å²) in [5.74, 6) is 0.341. The lowest BCUT2D eigenvalue weighted by Gasteiger charge is -2.06. The summed E-state index contributed by atoms with van der Waals surface area (Å²) in [7, 11) is 1.57. The first-order valence-electron chi connectivity index (χ1n) is 8.00. The van der Waals surface area contributed by atoms with E-state index >= 15 is 0 Å². The van der Waals surface area contributed by atoms with Crippen LogP contribution in [0.4, 0.5) is 10.8 Å². The Morgan fingerprint density at radius 2 is 1.93 bits per heavy atom.